The summed E-state index contributed by atoms with van der Waals surface area (Å²) in [5.41, 5.74) is 2.08. The van der Waals surface area contributed by atoms with E-state index in [1.54, 1.807) is 46.1 Å². The number of nitrogens with zero attached hydrogens (tertiary/aromatic N) is 4. The number of carbonyl (C=O) groups is 2. The van der Waals surface area contributed by atoms with Crippen LogP contribution in [0.25, 0.3) is 16.0 Å². The summed E-state index contributed by atoms with van der Waals surface area (Å²) in [6.45, 7) is 8.44. The number of rotatable bonds is 7. The molecule has 0 radical (unpaired) electrons. The summed E-state index contributed by atoms with van der Waals surface area (Å²) >= 11 is 8.03. The monoisotopic (exact) mass is 636 g/mol. The lowest BCUT2D eigenvalue weighted by Gasteiger charge is -2.33. The van der Waals surface area contributed by atoms with E-state index in [1.165, 1.54) is 18.4 Å². The van der Waals surface area contributed by atoms with Crippen molar-refractivity contribution in [2.75, 3.05) is 20.2 Å². The highest BCUT2D eigenvalue weighted by molar-refractivity contribution is 7.16. The number of amides is 1. The lowest BCUT2D eigenvalue weighted by atomic mass is 10.1. The van der Waals surface area contributed by atoms with E-state index in [2.05, 4.69) is 11.1 Å². The van der Waals surface area contributed by atoms with E-state index in [1.807, 2.05) is 39.8 Å². The van der Waals surface area contributed by atoms with Crippen molar-refractivity contribution in [3.8, 4) is 22.6 Å². The second-order valence-corrected chi connectivity index (χ2v) is 12.8. The van der Waals surface area contributed by atoms with Gasteiger partial charge in [-0.1, -0.05) is 23.7 Å². The number of hydrogen-bond donors (Lipinski definition) is 0. The molecule has 1 atom stereocenters. The molecule has 1 aliphatic heterocycles. The lowest BCUT2D eigenvalue weighted by Crippen LogP contribution is -2.44. The van der Waals surface area contributed by atoms with E-state index in [-0.39, 0.29) is 17.1 Å². The van der Waals surface area contributed by atoms with E-state index in [4.69, 9.17) is 30.5 Å². The van der Waals surface area contributed by atoms with Crippen LogP contribution in [0, 0.1) is 11.3 Å². The standard InChI is InChI=1S/C32H33ClN4O6S/c1-19(22-7-6-8-25(28(22)33)42-21-11-13-36(14-12-21)31(39)43-32(2,3)4)41-26-16-27(44-29(26)30(38)40-5)37-18-35-23-10-9-20(17-34)15-24(23)37/h6-10,15-16,18-19,21H,11-14H2,1-5H3/t19-/m1/s1. The number of benzene rings is 2. The molecule has 0 unspecified atom stereocenters. The fraction of sp³-hybridized carbons (Fsp3) is 0.375. The molecule has 0 spiro atoms. The number of methoxy groups -OCH3 is 1. The van der Waals surface area contributed by atoms with Crippen LogP contribution in [-0.2, 0) is 9.47 Å². The molecule has 2 aromatic carbocycles. The van der Waals surface area contributed by atoms with E-state index < -0.39 is 17.7 Å². The first-order valence-corrected chi connectivity index (χ1v) is 15.4. The average molecular weight is 637 g/mol. The van der Waals surface area contributed by atoms with Crippen molar-refractivity contribution in [1.82, 2.24) is 14.5 Å². The number of aromatic nitrogens is 2. The molecule has 1 saturated heterocycles. The molecule has 4 aromatic rings. The molecule has 12 heteroatoms. The van der Waals surface area contributed by atoms with Crippen molar-refractivity contribution in [2.45, 2.75) is 58.3 Å². The summed E-state index contributed by atoms with van der Waals surface area (Å²) < 4.78 is 24.9. The van der Waals surface area contributed by atoms with Gasteiger partial charge in [-0.05, 0) is 52.0 Å². The van der Waals surface area contributed by atoms with Gasteiger partial charge in [0.2, 0.25) is 0 Å². The fourth-order valence-corrected chi connectivity index (χ4v) is 6.22. The number of thiophene rings is 1. The topological polar surface area (TPSA) is 116 Å². The first-order valence-electron chi connectivity index (χ1n) is 14.2. The van der Waals surface area contributed by atoms with Crippen molar-refractivity contribution >= 4 is 46.0 Å². The van der Waals surface area contributed by atoms with Gasteiger partial charge in [-0.15, -0.1) is 11.3 Å². The summed E-state index contributed by atoms with van der Waals surface area (Å²) in [4.78, 5) is 31.6. The maximum absolute atomic E-state index is 12.7. The number of nitriles is 1. The zero-order valence-corrected chi connectivity index (χ0v) is 26.7. The van der Waals surface area contributed by atoms with Crippen LogP contribution in [0.2, 0.25) is 5.02 Å². The minimum Gasteiger partial charge on any atom is -0.489 e. The predicted octanol–water partition coefficient (Wildman–Crippen LogP) is 7.32. The van der Waals surface area contributed by atoms with Crippen molar-refractivity contribution < 1.29 is 28.5 Å². The van der Waals surface area contributed by atoms with E-state index in [0.717, 1.165) is 5.52 Å². The first kappa shape index (κ1) is 31.2. The molecular weight excluding hydrogens is 604 g/mol. The molecule has 5 rings (SSSR count). The third-order valence-corrected chi connectivity index (χ3v) is 8.59. The number of esters is 1. The quantitative estimate of drug-likeness (QED) is 0.194. The molecule has 0 N–H and O–H groups in total. The Morgan fingerprint density at radius 1 is 1.14 bits per heavy atom. The molecular formula is C32H33ClN4O6S. The van der Waals surface area contributed by atoms with Crippen molar-refractivity contribution in [3.63, 3.8) is 0 Å². The number of piperidine rings is 1. The highest BCUT2D eigenvalue weighted by atomic mass is 35.5. The van der Waals surface area contributed by atoms with Gasteiger partial charge in [-0.25, -0.2) is 14.6 Å². The number of carbonyl (C=O) groups excluding carboxylic acids is 2. The van der Waals surface area contributed by atoms with Crippen LogP contribution in [0.4, 0.5) is 4.79 Å². The Hall–Kier alpha value is -4.27. The highest BCUT2D eigenvalue weighted by Crippen LogP contribution is 2.40. The molecule has 1 amide bonds. The number of hydrogen-bond acceptors (Lipinski definition) is 9. The molecule has 0 aliphatic carbocycles. The Kier molecular flexibility index (Phi) is 9.04. The van der Waals surface area contributed by atoms with Gasteiger partial charge in [0.05, 0.1) is 34.8 Å². The number of ether oxygens (including phenoxy) is 4. The van der Waals surface area contributed by atoms with Gasteiger partial charge in [0.15, 0.2) is 4.88 Å². The van der Waals surface area contributed by atoms with Crippen molar-refractivity contribution in [2.24, 2.45) is 0 Å². The third kappa shape index (κ3) is 6.77. The second kappa shape index (κ2) is 12.8. The van der Waals surface area contributed by atoms with Gasteiger partial charge >= 0.3 is 12.1 Å². The summed E-state index contributed by atoms with van der Waals surface area (Å²) in [6.07, 6.45) is 1.94. The minimum absolute atomic E-state index is 0.116. The first-order chi connectivity index (χ1) is 21.0. The van der Waals surface area contributed by atoms with Crippen LogP contribution in [-0.4, -0.2) is 58.4 Å². The smallest absolute Gasteiger partial charge is 0.410 e. The largest absolute Gasteiger partial charge is 0.489 e. The lowest BCUT2D eigenvalue weighted by molar-refractivity contribution is 0.0126. The number of imidazole rings is 1. The molecule has 0 bridgehead atoms. The Bertz CT molecular complexity index is 1730. The van der Waals surface area contributed by atoms with Gasteiger partial charge in [-0.2, -0.15) is 5.26 Å². The molecule has 3 heterocycles. The van der Waals surface area contributed by atoms with Crippen LogP contribution in [0.1, 0.15) is 67.4 Å². The zero-order chi connectivity index (χ0) is 31.6. The minimum atomic E-state index is -0.546. The van der Waals surface area contributed by atoms with E-state index in [0.29, 0.717) is 64.1 Å². The molecule has 1 fully saturated rings. The molecule has 10 nitrogen and oxygen atoms in total. The summed E-state index contributed by atoms with van der Waals surface area (Å²) in [7, 11) is 1.32. The van der Waals surface area contributed by atoms with Crippen LogP contribution >= 0.6 is 22.9 Å². The van der Waals surface area contributed by atoms with Crippen molar-refractivity contribution in [3.05, 3.63) is 69.8 Å². The van der Waals surface area contributed by atoms with Gasteiger partial charge in [0.1, 0.15) is 40.6 Å². The van der Waals surface area contributed by atoms with Crippen LogP contribution < -0.4 is 9.47 Å². The normalized spacial score (nSPS) is 14.6. The van der Waals surface area contributed by atoms with Gasteiger partial charge in [-0.3, -0.25) is 4.57 Å². The Labute approximate surface area is 264 Å². The van der Waals surface area contributed by atoms with Crippen molar-refractivity contribution in [1.29, 1.82) is 5.26 Å². The number of likely N-dealkylation sites (tertiary alicyclic amines) is 1. The summed E-state index contributed by atoms with van der Waals surface area (Å²) in [5, 5.41) is 10.4. The number of halogens is 1. The van der Waals surface area contributed by atoms with E-state index in [9.17, 15) is 14.9 Å². The van der Waals surface area contributed by atoms with Gasteiger partial charge < -0.3 is 23.8 Å². The van der Waals surface area contributed by atoms with Crippen LogP contribution in [0.5, 0.6) is 11.5 Å². The fourth-order valence-electron chi connectivity index (χ4n) is 4.91. The zero-order valence-electron chi connectivity index (χ0n) is 25.1. The average Bonchev–Trinajstić information content (AvgIpc) is 3.60. The molecule has 44 heavy (non-hydrogen) atoms. The SMILES string of the molecule is COC(=O)c1sc(-n2cnc3ccc(C#N)cc32)cc1O[C@H](C)c1cccc(OC2CCN(C(=O)OC(C)(C)C)CC2)c1Cl. The Morgan fingerprint density at radius 3 is 2.57 bits per heavy atom. The van der Waals surface area contributed by atoms with Gasteiger partial charge in [0.25, 0.3) is 0 Å². The predicted molar refractivity (Wildman–Crippen MR) is 167 cm³/mol. The Morgan fingerprint density at radius 2 is 1.89 bits per heavy atom. The van der Waals surface area contributed by atoms with Gasteiger partial charge in [0, 0.05) is 37.6 Å². The maximum Gasteiger partial charge on any atom is 0.410 e. The van der Waals surface area contributed by atoms with E-state index >= 15 is 0 Å². The molecule has 0 saturated carbocycles. The molecule has 1 aliphatic rings. The molecule has 230 valence electrons. The van der Waals surface area contributed by atoms with Crippen LogP contribution in [0.3, 0.4) is 0 Å². The Balaban J connectivity index is 1.32. The highest BCUT2D eigenvalue weighted by Gasteiger charge is 2.29. The third-order valence-electron chi connectivity index (χ3n) is 7.09. The molecule has 2 aromatic heterocycles. The summed E-state index contributed by atoms with van der Waals surface area (Å²) in [6, 6.07) is 14.6. The second-order valence-electron chi connectivity index (χ2n) is 11.4. The summed E-state index contributed by atoms with van der Waals surface area (Å²) in [5.74, 6) is 0.318. The van der Waals surface area contributed by atoms with Crippen LogP contribution in [0.15, 0.2) is 48.8 Å². The maximum atomic E-state index is 12.7. The number of fused-ring (bicyclic) bond motifs is 1.